The van der Waals surface area contributed by atoms with Gasteiger partial charge in [-0.1, -0.05) is 6.07 Å². The molecule has 0 unspecified atom stereocenters. The molecule has 1 aromatic rings. The van der Waals surface area contributed by atoms with Crippen LogP contribution in [0.25, 0.3) is 0 Å². The first-order valence-electron chi connectivity index (χ1n) is 8.50. The number of nitrogens with zero attached hydrogens (tertiary/aromatic N) is 3. The topological polar surface area (TPSA) is 76.1 Å². The number of aromatic nitrogens is 1. The third-order valence-corrected chi connectivity index (χ3v) is 4.17. The van der Waals surface area contributed by atoms with Gasteiger partial charge in [0, 0.05) is 38.9 Å². The van der Waals surface area contributed by atoms with E-state index in [1.807, 2.05) is 4.90 Å². The Hall–Kier alpha value is -1.79. The van der Waals surface area contributed by atoms with Crippen molar-refractivity contribution in [2.24, 2.45) is 10.9 Å². The minimum atomic E-state index is -4.39. The van der Waals surface area contributed by atoms with Crippen LogP contribution in [0.15, 0.2) is 23.3 Å². The predicted octanol–water partition coefficient (Wildman–Crippen LogP) is 2.60. The Morgan fingerprint density at radius 3 is 2.54 bits per heavy atom. The summed E-state index contributed by atoms with van der Waals surface area (Å²) in [5.74, 6) is 0.343. The molecule has 11 heteroatoms. The van der Waals surface area contributed by atoms with Gasteiger partial charge in [0.1, 0.15) is 0 Å². The number of nitrogens with one attached hydrogen (secondary N) is 1. The molecule has 0 saturated carbocycles. The summed E-state index contributed by atoms with van der Waals surface area (Å²) in [7, 11) is 3.06. The fourth-order valence-corrected chi connectivity index (χ4v) is 2.76. The zero-order valence-electron chi connectivity index (χ0n) is 15.7. The number of aliphatic imine (C=N–C) groups is 1. The average Bonchev–Trinajstić information content (AvgIpc) is 2.67. The van der Waals surface area contributed by atoms with E-state index in [-0.39, 0.29) is 41.7 Å². The molecule has 0 spiro atoms. The largest absolute Gasteiger partial charge is 0.469 e. The number of likely N-dealkylation sites (tertiary alicyclic amines) is 1. The lowest BCUT2D eigenvalue weighted by atomic mass is 9.97. The van der Waals surface area contributed by atoms with Crippen LogP contribution in [0.2, 0.25) is 0 Å². The van der Waals surface area contributed by atoms with Crippen molar-refractivity contribution in [2.45, 2.75) is 25.6 Å². The van der Waals surface area contributed by atoms with Crippen molar-refractivity contribution in [3.8, 4) is 5.88 Å². The summed E-state index contributed by atoms with van der Waals surface area (Å²) in [6.07, 6.45) is -1.55. The van der Waals surface area contributed by atoms with Gasteiger partial charge in [-0.05, 0) is 18.4 Å². The summed E-state index contributed by atoms with van der Waals surface area (Å²) in [5, 5.41) is 3.19. The van der Waals surface area contributed by atoms with Gasteiger partial charge in [-0.2, -0.15) is 13.2 Å². The number of esters is 1. The molecule has 2 rings (SSSR count). The molecule has 28 heavy (non-hydrogen) atoms. The Kier molecular flexibility index (Phi) is 9.76. The number of halogens is 4. The van der Waals surface area contributed by atoms with Crippen LogP contribution < -0.4 is 10.1 Å². The first-order valence-corrected chi connectivity index (χ1v) is 8.50. The molecule has 1 N–H and O–H groups in total. The number of hydrogen-bond acceptors (Lipinski definition) is 5. The van der Waals surface area contributed by atoms with Crippen LogP contribution >= 0.6 is 24.0 Å². The lowest BCUT2D eigenvalue weighted by molar-refractivity contribution is -0.154. The molecule has 0 amide bonds. The van der Waals surface area contributed by atoms with E-state index in [4.69, 9.17) is 4.74 Å². The molecule has 1 aliphatic rings. The second kappa shape index (κ2) is 11.3. The minimum Gasteiger partial charge on any atom is -0.469 e. The van der Waals surface area contributed by atoms with E-state index in [1.54, 1.807) is 13.1 Å². The Morgan fingerprint density at radius 1 is 1.36 bits per heavy atom. The maximum atomic E-state index is 12.1. The third kappa shape index (κ3) is 7.68. The van der Waals surface area contributed by atoms with Crippen molar-refractivity contribution in [1.82, 2.24) is 15.2 Å². The van der Waals surface area contributed by atoms with Gasteiger partial charge in [-0.3, -0.25) is 9.79 Å². The number of ether oxygens (including phenoxy) is 2. The highest BCUT2D eigenvalue weighted by molar-refractivity contribution is 14.0. The number of carbonyl (C=O) groups excluding carboxylic acids is 1. The average molecular weight is 516 g/mol. The number of rotatable bonds is 5. The number of carbonyl (C=O) groups is 1. The second-order valence-corrected chi connectivity index (χ2v) is 6.09. The summed E-state index contributed by atoms with van der Waals surface area (Å²) >= 11 is 0. The van der Waals surface area contributed by atoms with Gasteiger partial charge in [0.05, 0.1) is 13.0 Å². The van der Waals surface area contributed by atoms with Crippen molar-refractivity contribution in [2.75, 3.05) is 33.9 Å². The Labute approximate surface area is 178 Å². The second-order valence-electron chi connectivity index (χ2n) is 6.09. The first-order chi connectivity index (χ1) is 12.8. The number of alkyl halides is 3. The summed E-state index contributed by atoms with van der Waals surface area (Å²) < 4.78 is 45.7. The van der Waals surface area contributed by atoms with Crippen LogP contribution in [0.1, 0.15) is 18.4 Å². The maximum Gasteiger partial charge on any atom is 0.422 e. The highest BCUT2D eigenvalue weighted by Crippen LogP contribution is 2.19. The molecular formula is C17H24F3IN4O3. The lowest BCUT2D eigenvalue weighted by Gasteiger charge is -2.33. The van der Waals surface area contributed by atoms with E-state index >= 15 is 0 Å². The molecule has 0 aliphatic carbocycles. The van der Waals surface area contributed by atoms with Crippen LogP contribution in [0, 0.1) is 5.92 Å². The molecule has 7 nitrogen and oxygen atoms in total. The molecule has 1 fully saturated rings. The van der Waals surface area contributed by atoms with Crippen LogP contribution in [-0.2, 0) is 16.1 Å². The van der Waals surface area contributed by atoms with E-state index in [0.717, 1.165) is 5.56 Å². The highest BCUT2D eigenvalue weighted by Gasteiger charge is 2.29. The summed E-state index contributed by atoms with van der Waals surface area (Å²) in [5.41, 5.74) is 0.778. The van der Waals surface area contributed by atoms with E-state index < -0.39 is 12.8 Å². The van der Waals surface area contributed by atoms with Gasteiger partial charge in [0.25, 0.3) is 0 Å². The minimum absolute atomic E-state index is 0. The van der Waals surface area contributed by atoms with Crippen LogP contribution in [0.3, 0.4) is 0 Å². The maximum absolute atomic E-state index is 12.1. The Balaban J connectivity index is 0.00000392. The monoisotopic (exact) mass is 516 g/mol. The zero-order valence-corrected chi connectivity index (χ0v) is 18.0. The lowest BCUT2D eigenvalue weighted by Crippen LogP contribution is -2.46. The molecule has 2 heterocycles. The Bertz CT molecular complexity index is 648. The van der Waals surface area contributed by atoms with E-state index in [2.05, 4.69) is 20.0 Å². The molecule has 0 atom stereocenters. The molecular weight excluding hydrogens is 492 g/mol. The van der Waals surface area contributed by atoms with Gasteiger partial charge >= 0.3 is 12.1 Å². The molecule has 0 aromatic carbocycles. The SMILES string of the molecule is CN=C(NCc1ccc(OCC(F)(F)F)nc1)N1CCC(C(=O)OC)CC1.I. The summed E-state index contributed by atoms with van der Waals surface area (Å²) in [6, 6.07) is 3.04. The number of guanidine groups is 1. The van der Waals surface area contributed by atoms with Crippen LogP contribution in [0.4, 0.5) is 13.2 Å². The Morgan fingerprint density at radius 2 is 2.04 bits per heavy atom. The van der Waals surface area contributed by atoms with Crippen LogP contribution in [0.5, 0.6) is 5.88 Å². The number of piperidine rings is 1. The van der Waals surface area contributed by atoms with Gasteiger partial charge < -0.3 is 19.7 Å². The van der Waals surface area contributed by atoms with Gasteiger partial charge in [-0.15, -0.1) is 24.0 Å². The fraction of sp³-hybridized carbons (Fsp3) is 0.588. The van der Waals surface area contributed by atoms with Crippen LogP contribution in [-0.4, -0.2) is 61.8 Å². The molecule has 0 radical (unpaired) electrons. The smallest absolute Gasteiger partial charge is 0.422 e. The molecule has 1 aliphatic heterocycles. The number of methoxy groups -OCH3 is 1. The number of pyridine rings is 1. The van der Waals surface area contributed by atoms with Crippen molar-refractivity contribution in [3.63, 3.8) is 0 Å². The summed E-state index contributed by atoms with van der Waals surface area (Å²) in [4.78, 5) is 21.7. The van der Waals surface area contributed by atoms with Gasteiger partial charge in [0.15, 0.2) is 12.6 Å². The normalized spacial score (nSPS) is 15.6. The van der Waals surface area contributed by atoms with E-state index in [9.17, 15) is 18.0 Å². The number of hydrogen-bond donors (Lipinski definition) is 1. The van der Waals surface area contributed by atoms with Crippen molar-refractivity contribution in [3.05, 3.63) is 23.9 Å². The zero-order chi connectivity index (χ0) is 19.9. The predicted molar refractivity (Wildman–Crippen MR) is 108 cm³/mol. The molecule has 158 valence electrons. The van der Waals surface area contributed by atoms with Gasteiger partial charge in [0.2, 0.25) is 5.88 Å². The van der Waals surface area contributed by atoms with Crippen molar-refractivity contribution in [1.29, 1.82) is 0 Å². The third-order valence-electron chi connectivity index (χ3n) is 4.17. The summed E-state index contributed by atoms with van der Waals surface area (Å²) in [6.45, 7) is 0.408. The molecule has 1 aromatic heterocycles. The molecule has 0 bridgehead atoms. The first kappa shape index (κ1) is 24.2. The fourth-order valence-electron chi connectivity index (χ4n) is 2.76. The highest BCUT2D eigenvalue weighted by atomic mass is 127. The standard InChI is InChI=1S/C17H23F3N4O3.HI/c1-21-16(24-7-5-13(6-8-24)15(25)26-2)23-10-12-3-4-14(22-9-12)27-11-17(18,19)20;/h3-4,9,13H,5-8,10-11H2,1-2H3,(H,21,23);1H. The van der Waals surface area contributed by atoms with Crippen molar-refractivity contribution >= 4 is 35.9 Å². The van der Waals surface area contributed by atoms with E-state index in [1.165, 1.54) is 19.4 Å². The van der Waals surface area contributed by atoms with E-state index in [0.29, 0.717) is 38.4 Å². The molecule has 1 saturated heterocycles. The van der Waals surface area contributed by atoms with Gasteiger partial charge in [-0.25, -0.2) is 4.98 Å². The quantitative estimate of drug-likeness (QED) is 0.281. The van der Waals surface area contributed by atoms with Crippen molar-refractivity contribution < 1.29 is 27.4 Å².